The predicted molar refractivity (Wildman–Crippen MR) is 82.8 cm³/mol. The van der Waals surface area contributed by atoms with Gasteiger partial charge in [-0.15, -0.1) is 22.9 Å². The molecule has 3 heterocycles. The summed E-state index contributed by atoms with van der Waals surface area (Å²) < 4.78 is 2.11. The van der Waals surface area contributed by atoms with Crippen molar-refractivity contribution in [3.63, 3.8) is 0 Å². The molecule has 0 aliphatic rings. The number of hydrogen-bond acceptors (Lipinski definition) is 4. The zero-order valence-corrected chi connectivity index (χ0v) is 12.9. The highest BCUT2D eigenvalue weighted by atomic mass is 35.5. The van der Waals surface area contributed by atoms with E-state index in [1.54, 1.807) is 17.5 Å². The van der Waals surface area contributed by atoms with E-state index in [2.05, 4.69) is 19.5 Å². The lowest BCUT2D eigenvalue weighted by Crippen LogP contribution is -2.07. The molecule has 0 amide bonds. The Kier molecular flexibility index (Phi) is 4.19. The summed E-state index contributed by atoms with van der Waals surface area (Å²) in [7, 11) is 0. The van der Waals surface area contributed by atoms with Gasteiger partial charge in [-0.25, -0.2) is 15.0 Å². The Morgan fingerprint density at radius 3 is 2.90 bits per heavy atom. The lowest BCUT2D eigenvalue weighted by Gasteiger charge is -2.06. The SMILES string of the molecule is ClCCc1nc2cc(Cl)cnc2n1CCc1nccs1. The first kappa shape index (κ1) is 13.8. The molecule has 0 aliphatic heterocycles. The van der Waals surface area contributed by atoms with Gasteiger partial charge in [-0.3, -0.25) is 0 Å². The summed E-state index contributed by atoms with van der Waals surface area (Å²) in [6, 6.07) is 1.83. The second-order valence-electron chi connectivity index (χ2n) is 4.29. The molecule has 4 nitrogen and oxygen atoms in total. The van der Waals surface area contributed by atoms with Crippen molar-refractivity contribution < 1.29 is 0 Å². The molecule has 3 rings (SSSR count). The van der Waals surface area contributed by atoms with E-state index in [0.29, 0.717) is 17.3 Å². The van der Waals surface area contributed by atoms with E-state index in [9.17, 15) is 0 Å². The molecule has 0 spiro atoms. The molecule has 0 radical (unpaired) electrons. The first-order valence-electron chi connectivity index (χ1n) is 6.23. The Morgan fingerprint density at radius 2 is 2.15 bits per heavy atom. The zero-order chi connectivity index (χ0) is 13.9. The van der Waals surface area contributed by atoms with E-state index in [0.717, 1.165) is 35.0 Å². The normalized spacial score (nSPS) is 11.3. The molecule has 0 atom stereocenters. The molecular formula is C13H12Cl2N4S. The fourth-order valence-corrected chi connectivity index (χ4v) is 3.06. The summed E-state index contributed by atoms with van der Waals surface area (Å²) in [5, 5.41) is 3.69. The number of aryl methyl sites for hydroxylation is 3. The van der Waals surface area contributed by atoms with Gasteiger partial charge >= 0.3 is 0 Å². The number of pyridine rings is 1. The maximum absolute atomic E-state index is 5.97. The summed E-state index contributed by atoms with van der Waals surface area (Å²) in [4.78, 5) is 13.3. The van der Waals surface area contributed by atoms with E-state index >= 15 is 0 Å². The van der Waals surface area contributed by atoms with Crippen LogP contribution in [0, 0.1) is 0 Å². The van der Waals surface area contributed by atoms with Gasteiger partial charge in [0.05, 0.1) is 10.0 Å². The van der Waals surface area contributed by atoms with Crippen molar-refractivity contribution in [3.05, 3.63) is 39.7 Å². The highest BCUT2D eigenvalue weighted by Crippen LogP contribution is 2.19. The fraction of sp³-hybridized carbons (Fsp3) is 0.308. The summed E-state index contributed by atoms with van der Waals surface area (Å²) >= 11 is 13.5. The molecule has 104 valence electrons. The molecule has 0 unspecified atom stereocenters. The third-order valence-electron chi connectivity index (χ3n) is 2.98. The number of fused-ring (bicyclic) bond motifs is 1. The maximum atomic E-state index is 5.97. The lowest BCUT2D eigenvalue weighted by atomic mass is 10.4. The molecular weight excluding hydrogens is 315 g/mol. The van der Waals surface area contributed by atoms with E-state index < -0.39 is 0 Å². The Hall–Kier alpha value is -1.17. The average Bonchev–Trinajstić information content (AvgIpc) is 3.04. The molecule has 0 bridgehead atoms. The summed E-state index contributed by atoms with van der Waals surface area (Å²) in [6.07, 6.45) is 5.05. The van der Waals surface area contributed by atoms with Crippen LogP contribution < -0.4 is 0 Å². The number of rotatable bonds is 5. The van der Waals surface area contributed by atoms with Crippen LogP contribution in [-0.4, -0.2) is 25.4 Å². The van der Waals surface area contributed by atoms with Crippen molar-refractivity contribution in [2.75, 3.05) is 5.88 Å². The van der Waals surface area contributed by atoms with Gasteiger partial charge < -0.3 is 4.57 Å². The van der Waals surface area contributed by atoms with Crippen LogP contribution in [0.5, 0.6) is 0 Å². The van der Waals surface area contributed by atoms with Crippen LogP contribution in [0.1, 0.15) is 10.8 Å². The maximum Gasteiger partial charge on any atom is 0.160 e. The minimum atomic E-state index is 0.536. The van der Waals surface area contributed by atoms with Gasteiger partial charge in [0.25, 0.3) is 0 Å². The van der Waals surface area contributed by atoms with Gasteiger partial charge in [0.1, 0.15) is 11.3 Å². The summed E-state index contributed by atoms with van der Waals surface area (Å²) in [6.45, 7) is 0.796. The van der Waals surface area contributed by atoms with Crippen molar-refractivity contribution in [1.82, 2.24) is 19.5 Å². The van der Waals surface area contributed by atoms with Gasteiger partial charge in [0.2, 0.25) is 0 Å². The lowest BCUT2D eigenvalue weighted by molar-refractivity contribution is 0.668. The first-order valence-corrected chi connectivity index (χ1v) is 8.02. The molecule has 0 fully saturated rings. The quantitative estimate of drug-likeness (QED) is 0.673. The van der Waals surface area contributed by atoms with Crippen LogP contribution >= 0.6 is 34.5 Å². The van der Waals surface area contributed by atoms with Crippen molar-refractivity contribution in [2.24, 2.45) is 0 Å². The molecule has 20 heavy (non-hydrogen) atoms. The number of alkyl halides is 1. The van der Waals surface area contributed by atoms with Crippen molar-refractivity contribution >= 4 is 45.7 Å². The molecule has 0 saturated carbocycles. The number of aromatic nitrogens is 4. The van der Waals surface area contributed by atoms with E-state index in [4.69, 9.17) is 23.2 Å². The summed E-state index contributed by atoms with van der Waals surface area (Å²) in [5.74, 6) is 1.48. The minimum Gasteiger partial charge on any atom is -0.312 e. The first-order chi connectivity index (χ1) is 9.78. The Bertz CT molecular complexity index is 709. The second-order valence-corrected chi connectivity index (χ2v) is 6.08. The topological polar surface area (TPSA) is 43.6 Å². The number of halogens is 2. The van der Waals surface area contributed by atoms with E-state index in [1.807, 2.05) is 17.6 Å². The van der Waals surface area contributed by atoms with Crippen molar-refractivity contribution in [2.45, 2.75) is 19.4 Å². The Balaban J connectivity index is 1.95. The van der Waals surface area contributed by atoms with E-state index in [-0.39, 0.29) is 0 Å². The van der Waals surface area contributed by atoms with E-state index in [1.165, 1.54) is 0 Å². The fourth-order valence-electron chi connectivity index (χ4n) is 2.13. The average molecular weight is 327 g/mol. The number of nitrogens with zero attached hydrogens (tertiary/aromatic N) is 4. The van der Waals surface area contributed by atoms with Gasteiger partial charge in [-0.1, -0.05) is 11.6 Å². The highest BCUT2D eigenvalue weighted by molar-refractivity contribution is 7.09. The van der Waals surface area contributed by atoms with Crippen LogP contribution in [0.4, 0.5) is 0 Å². The minimum absolute atomic E-state index is 0.536. The standard InChI is InChI=1S/C13H12Cl2N4S/c14-3-1-11-18-10-7-9(15)8-17-13(10)19(11)5-2-12-16-4-6-20-12/h4,6-8H,1-3,5H2. The van der Waals surface area contributed by atoms with Gasteiger partial charge in [-0.05, 0) is 6.07 Å². The predicted octanol–water partition coefficient (Wildman–Crippen LogP) is 3.57. The molecule has 0 aliphatic carbocycles. The largest absolute Gasteiger partial charge is 0.312 e. The number of thiazole rings is 1. The molecule has 7 heteroatoms. The van der Waals surface area contributed by atoms with Crippen LogP contribution in [-0.2, 0) is 19.4 Å². The van der Waals surface area contributed by atoms with Crippen molar-refractivity contribution in [3.8, 4) is 0 Å². The Labute approximate surface area is 130 Å². The monoisotopic (exact) mass is 326 g/mol. The van der Waals surface area contributed by atoms with Gasteiger partial charge in [0, 0.05) is 43.0 Å². The third kappa shape index (κ3) is 2.80. The molecule has 3 aromatic heterocycles. The van der Waals surface area contributed by atoms with Crippen molar-refractivity contribution in [1.29, 1.82) is 0 Å². The molecule has 0 saturated heterocycles. The van der Waals surface area contributed by atoms with Crippen LogP contribution in [0.15, 0.2) is 23.8 Å². The number of imidazole rings is 1. The second kappa shape index (κ2) is 6.08. The molecule has 0 N–H and O–H groups in total. The smallest absolute Gasteiger partial charge is 0.160 e. The Morgan fingerprint density at radius 1 is 1.25 bits per heavy atom. The highest BCUT2D eigenvalue weighted by Gasteiger charge is 2.12. The van der Waals surface area contributed by atoms with Crippen LogP contribution in [0.25, 0.3) is 11.2 Å². The molecule has 0 aromatic carbocycles. The van der Waals surface area contributed by atoms with Gasteiger partial charge in [0.15, 0.2) is 5.65 Å². The summed E-state index contributed by atoms with van der Waals surface area (Å²) in [5.41, 5.74) is 1.67. The van der Waals surface area contributed by atoms with Crippen LogP contribution in [0.2, 0.25) is 5.02 Å². The van der Waals surface area contributed by atoms with Gasteiger partial charge in [-0.2, -0.15) is 0 Å². The third-order valence-corrected chi connectivity index (χ3v) is 4.22. The van der Waals surface area contributed by atoms with Crippen LogP contribution in [0.3, 0.4) is 0 Å². The number of hydrogen-bond donors (Lipinski definition) is 0. The molecule has 3 aromatic rings. The zero-order valence-electron chi connectivity index (χ0n) is 10.6.